The van der Waals surface area contributed by atoms with Crippen LogP contribution >= 0.6 is 0 Å². The van der Waals surface area contributed by atoms with E-state index in [0.717, 1.165) is 5.56 Å². The normalized spacial score (nSPS) is 10.4. The molecule has 0 spiro atoms. The van der Waals surface area contributed by atoms with Crippen molar-refractivity contribution in [2.45, 2.75) is 6.42 Å². The molecule has 0 radical (unpaired) electrons. The van der Waals surface area contributed by atoms with E-state index in [1.807, 2.05) is 0 Å². The minimum atomic E-state index is -0.773. The first-order valence-corrected chi connectivity index (χ1v) is 4.32. The highest BCUT2D eigenvalue weighted by atomic mass is 16.5. The molecule has 0 bridgehead atoms. The average molecular weight is 207 g/mol. The molecule has 78 valence electrons. The van der Waals surface area contributed by atoms with Gasteiger partial charge in [-0.3, -0.25) is 0 Å². The number of primary amides is 1. The Hall–Kier alpha value is -2.18. The van der Waals surface area contributed by atoms with Gasteiger partial charge < -0.3 is 10.5 Å². The molecular formula is C8H9N5O2. The fourth-order valence-corrected chi connectivity index (χ4v) is 1.16. The van der Waals surface area contributed by atoms with Crippen molar-refractivity contribution in [1.29, 1.82) is 0 Å². The van der Waals surface area contributed by atoms with Gasteiger partial charge in [-0.15, -0.1) is 0 Å². The van der Waals surface area contributed by atoms with E-state index in [4.69, 9.17) is 5.73 Å². The number of rotatable bonds is 3. The Kier molecular flexibility index (Phi) is 2.44. The van der Waals surface area contributed by atoms with Gasteiger partial charge in [0.25, 0.3) is 5.78 Å². The lowest BCUT2D eigenvalue weighted by molar-refractivity contribution is 0.158. The van der Waals surface area contributed by atoms with Crippen molar-refractivity contribution in [1.82, 2.24) is 19.6 Å². The molecule has 0 aliphatic carbocycles. The molecule has 15 heavy (non-hydrogen) atoms. The summed E-state index contributed by atoms with van der Waals surface area (Å²) in [4.78, 5) is 18.3. The largest absolute Gasteiger partial charge is 0.449 e. The highest BCUT2D eigenvalue weighted by molar-refractivity contribution is 5.64. The third kappa shape index (κ3) is 2.19. The van der Waals surface area contributed by atoms with E-state index in [1.165, 1.54) is 6.33 Å². The molecule has 7 nitrogen and oxygen atoms in total. The maximum Gasteiger partial charge on any atom is 0.404 e. The Labute approximate surface area is 84.9 Å². The molecule has 0 atom stereocenters. The van der Waals surface area contributed by atoms with Crippen LogP contribution in [0.2, 0.25) is 0 Å². The zero-order chi connectivity index (χ0) is 10.7. The predicted molar refractivity (Wildman–Crippen MR) is 50.0 cm³/mol. The summed E-state index contributed by atoms with van der Waals surface area (Å²) >= 11 is 0. The summed E-state index contributed by atoms with van der Waals surface area (Å²) in [5, 5.41) is 3.93. The second-order valence-electron chi connectivity index (χ2n) is 2.88. The van der Waals surface area contributed by atoms with Crippen LogP contribution in [0.4, 0.5) is 4.79 Å². The van der Waals surface area contributed by atoms with Gasteiger partial charge in [0.2, 0.25) is 0 Å². The molecule has 2 rings (SSSR count). The quantitative estimate of drug-likeness (QED) is 0.749. The Morgan fingerprint density at radius 1 is 1.53 bits per heavy atom. The second kappa shape index (κ2) is 3.91. The molecule has 2 aromatic heterocycles. The number of ether oxygens (including phenoxy) is 1. The van der Waals surface area contributed by atoms with Crippen molar-refractivity contribution < 1.29 is 9.53 Å². The molecule has 1 amide bonds. The van der Waals surface area contributed by atoms with Gasteiger partial charge in [0.1, 0.15) is 6.33 Å². The molecule has 0 saturated carbocycles. The van der Waals surface area contributed by atoms with Crippen LogP contribution in [-0.4, -0.2) is 32.3 Å². The first-order chi connectivity index (χ1) is 7.25. The fourth-order valence-electron chi connectivity index (χ4n) is 1.16. The second-order valence-corrected chi connectivity index (χ2v) is 2.88. The average Bonchev–Trinajstić information content (AvgIpc) is 2.64. The minimum Gasteiger partial charge on any atom is -0.449 e. The van der Waals surface area contributed by atoms with E-state index < -0.39 is 6.09 Å². The Bertz CT molecular complexity index is 481. The van der Waals surface area contributed by atoms with E-state index in [0.29, 0.717) is 12.2 Å². The topological polar surface area (TPSA) is 95.4 Å². The molecule has 0 aromatic carbocycles. The maximum absolute atomic E-state index is 10.3. The van der Waals surface area contributed by atoms with Crippen molar-refractivity contribution in [3.05, 3.63) is 24.3 Å². The number of hydrogen-bond donors (Lipinski definition) is 1. The molecule has 2 heterocycles. The van der Waals surface area contributed by atoms with Crippen molar-refractivity contribution in [2.75, 3.05) is 6.61 Å². The van der Waals surface area contributed by atoms with Gasteiger partial charge in [0.05, 0.1) is 6.61 Å². The van der Waals surface area contributed by atoms with Crippen LogP contribution in [0.3, 0.4) is 0 Å². The van der Waals surface area contributed by atoms with Crippen molar-refractivity contribution in [2.24, 2.45) is 5.73 Å². The third-order valence-corrected chi connectivity index (χ3v) is 1.82. The monoisotopic (exact) mass is 207 g/mol. The van der Waals surface area contributed by atoms with E-state index in [-0.39, 0.29) is 6.61 Å². The minimum absolute atomic E-state index is 0.233. The van der Waals surface area contributed by atoms with Crippen molar-refractivity contribution in [3.8, 4) is 0 Å². The molecule has 7 heteroatoms. The van der Waals surface area contributed by atoms with Gasteiger partial charge in [-0.05, 0) is 5.56 Å². The van der Waals surface area contributed by atoms with Crippen LogP contribution in [0.15, 0.2) is 18.7 Å². The van der Waals surface area contributed by atoms with Gasteiger partial charge in [0, 0.05) is 18.8 Å². The first-order valence-electron chi connectivity index (χ1n) is 4.32. The summed E-state index contributed by atoms with van der Waals surface area (Å²) in [5.41, 5.74) is 5.72. The van der Waals surface area contributed by atoms with Crippen LogP contribution < -0.4 is 5.73 Å². The highest BCUT2D eigenvalue weighted by Crippen LogP contribution is 2.00. The van der Waals surface area contributed by atoms with Gasteiger partial charge >= 0.3 is 6.09 Å². The molecule has 0 fully saturated rings. The van der Waals surface area contributed by atoms with E-state index in [9.17, 15) is 4.79 Å². The number of amides is 1. The Morgan fingerprint density at radius 2 is 2.40 bits per heavy atom. The fraction of sp³-hybridized carbons (Fsp3) is 0.250. The number of nitrogens with zero attached hydrogens (tertiary/aromatic N) is 4. The zero-order valence-electron chi connectivity index (χ0n) is 7.83. The van der Waals surface area contributed by atoms with Crippen molar-refractivity contribution in [3.63, 3.8) is 0 Å². The van der Waals surface area contributed by atoms with Crippen LogP contribution in [-0.2, 0) is 11.2 Å². The van der Waals surface area contributed by atoms with Gasteiger partial charge in [0.15, 0.2) is 0 Å². The lowest BCUT2D eigenvalue weighted by atomic mass is 10.2. The number of carbonyl (C=O) groups is 1. The summed E-state index contributed by atoms with van der Waals surface area (Å²) in [6.45, 7) is 0.233. The standard InChI is InChI=1S/C8H9N5O2/c9-7(14)15-2-1-6-3-10-8-11-5-12-13(8)4-6/h3-5H,1-2H2,(H2,9,14). The molecule has 0 aliphatic heterocycles. The molecule has 0 aliphatic rings. The summed E-state index contributed by atoms with van der Waals surface area (Å²) in [6, 6.07) is 0. The molecular weight excluding hydrogens is 198 g/mol. The van der Waals surface area contributed by atoms with E-state index in [2.05, 4.69) is 19.8 Å². The number of hydrogen-bond acceptors (Lipinski definition) is 5. The summed E-state index contributed by atoms with van der Waals surface area (Å²) in [6.07, 6.45) is 4.64. The maximum atomic E-state index is 10.3. The molecule has 0 saturated heterocycles. The molecule has 2 aromatic rings. The summed E-state index contributed by atoms with van der Waals surface area (Å²) in [5.74, 6) is 0.537. The smallest absolute Gasteiger partial charge is 0.404 e. The number of aromatic nitrogens is 4. The Morgan fingerprint density at radius 3 is 3.20 bits per heavy atom. The highest BCUT2D eigenvalue weighted by Gasteiger charge is 2.00. The van der Waals surface area contributed by atoms with Crippen LogP contribution in [0.1, 0.15) is 5.56 Å². The number of fused-ring (bicyclic) bond motifs is 1. The van der Waals surface area contributed by atoms with Crippen LogP contribution in [0.5, 0.6) is 0 Å². The SMILES string of the molecule is NC(=O)OCCc1cnc2ncnn2c1. The summed E-state index contributed by atoms with van der Waals surface area (Å²) < 4.78 is 6.16. The predicted octanol–water partition coefficient (Wildman–Crippen LogP) is -0.238. The van der Waals surface area contributed by atoms with Crippen LogP contribution in [0.25, 0.3) is 5.78 Å². The van der Waals surface area contributed by atoms with Crippen molar-refractivity contribution >= 4 is 11.9 Å². The zero-order valence-corrected chi connectivity index (χ0v) is 7.83. The van der Waals surface area contributed by atoms with Gasteiger partial charge in [-0.1, -0.05) is 0 Å². The van der Waals surface area contributed by atoms with E-state index in [1.54, 1.807) is 16.9 Å². The molecule has 0 unspecified atom stereocenters. The number of carbonyl (C=O) groups excluding carboxylic acids is 1. The van der Waals surface area contributed by atoms with Gasteiger partial charge in [-0.25, -0.2) is 14.3 Å². The van der Waals surface area contributed by atoms with Crippen LogP contribution in [0, 0.1) is 0 Å². The lowest BCUT2D eigenvalue weighted by Crippen LogP contribution is -2.14. The number of nitrogens with two attached hydrogens (primary N) is 1. The van der Waals surface area contributed by atoms with E-state index >= 15 is 0 Å². The first kappa shape index (κ1) is 9.38. The third-order valence-electron chi connectivity index (χ3n) is 1.82. The Balaban J connectivity index is 2.04. The lowest BCUT2D eigenvalue weighted by Gasteiger charge is -2.01. The molecule has 2 N–H and O–H groups in total. The summed E-state index contributed by atoms with van der Waals surface area (Å²) in [7, 11) is 0. The van der Waals surface area contributed by atoms with Gasteiger partial charge in [-0.2, -0.15) is 10.1 Å².